The van der Waals surface area contributed by atoms with Gasteiger partial charge in [-0.25, -0.2) is 9.59 Å². The van der Waals surface area contributed by atoms with Crippen molar-refractivity contribution in [1.82, 2.24) is 15.2 Å². The first-order valence-corrected chi connectivity index (χ1v) is 9.27. The lowest BCUT2D eigenvalue weighted by molar-refractivity contribution is -0.144. The van der Waals surface area contributed by atoms with E-state index < -0.39 is 24.5 Å². The first-order chi connectivity index (χ1) is 13.2. The highest BCUT2D eigenvalue weighted by Crippen LogP contribution is 2.20. The number of urea groups is 1. The Kier molecular flexibility index (Phi) is 6.99. The van der Waals surface area contributed by atoms with E-state index in [0.717, 1.165) is 36.3 Å². The van der Waals surface area contributed by atoms with Gasteiger partial charge in [0.15, 0.2) is 6.61 Å². The largest absolute Gasteiger partial charge is 0.451 e. The molecule has 1 aromatic heterocycles. The van der Waals surface area contributed by atoms with E-state index in [4.69, 9.17) is 4.74 Å². The van der Waals surface area contributed by atoms with Gasteiger partial charge in [0.2, 0.25) is 0 Å². The minimum atomic E-state index is -0.908. The van der Waals surface area contributed by atoms with E-state index in [1.807, 2.05) is 26.0 Å². The number of nitrogens with zero attached hydrogens (tertiary/aromatic N) is 2. The van der Waals surface area contributed by atoms with E-state index in [-0.39, 0.29) is 11.6 Å². The molecule has 0 spiro atoms. The van der Waals surface area contributed by atoms with Crippen molar-refractivity contribution in [3.63, 3.8) is 0 Å². The number of carbonyl (C=O) groups excluding carboxylic acids is 3. The third-order valence-corrected chi connectivity index (χ3v) is 4.30. The van der Waals surface area contributed by atoms with E-state index in [9.17, 15) is 19.6 Å². The van der Waals surface area contributed by atoms with Crippen molar-refractivity contribution >= 4 is 24.0 Å². The predicted molar refractivity (Wildman–Crippen MR) is 103 cm³/mol. The van der Waals surface area contributed by atoms with E-state index in [1.54, 1.807) is 0 Å². The van der Waals surface area contributed by atoms with Crippen molar-refractivity contribution in [3.8, 4) is 6.07 Å². The summed E-state index contributed by atoms with van der Waals surface area (Å²) in [5.41, 5.74) is 2.52. The second-order valence-corrected chi connectivity index (χ2v) is 7.37. The molecule has 0 aromatic carbocycles. The Morgan fingerprint density at radius 2 is 2.04 bits per heavy atom. The minimum Gasteiger partial charge on any atom is -0.451 e. The zero-order chi connectivity index (χ0) is 20.8. The molecule has 1 saturated carbocycles. The summed E-state index contributed by atoms with van der Waals surface area (Å²) in [5.74, 6) is -1.20. The van der Waals surface area contributed by atoms with Gasteiger partial charge in [-0.2, -0.15) is 5.26 Å². The van der Waals surface area contributed by atoms with Gasteiger partial charge in [-0.15, -0.1) is 0 Å². The van der Waals surface area contributed by atoms with Crippen LogP contribution < -0.4 is 10.6 Å². The fourth-order valence-corrected chi connectivity index (χ4v) is 2.73. The lowest BCUT2D eigenvalue weighted by Gasteiger charge is -2.12. The standard InChI is InChI=1S/C20H26N4O4/c1-12(2)10-24-13(3)7-15(14(24)4)8-16(9-21)19(26)28-11-18(25)23-20(27)22-17-5-6-17/h7-8,12,17H,5-6,10-11H2,1-4H3,(H2,22,23,25,27)/b16-8+. The van der Waals surface area contributed by atoms with Crippen molar-refractivity contribution in [2.45, 2.75) is 53.1 Å². The average molecular weight is 386 g/mol. The molecule has 0 bridgehead atoms. The normalized spacial score (nSPS) is 13.8. The molecule has 0 radical (unpaired) electrons. The van der Waals surface area contributed by atoms with Crippen LogP contribution in [0, 0.1) is 31.1 Å². The first kappa shape index (κ1) is 21.2. The van der Waals surface area contributed by atoms with Crippen LogP contribution in [-0.2, 0) is 20.9 Å². The smallest absolute Gasteiger partial charge is 0.349 e. The molecule has 3 amide bonds. The molecule has 0 aliphatic heterocycles. The number of aromatic nitrogens is 1. The molecule has 1 aliphatic rings. The Bertz CT molecular complexity index is 841. The lowest BCUT2D eigenvalue weighted by atomic mass is 10.1. The Labute approximate surface area is 164 Å². The molecular weight excluding hydrogens is 360 g/mol. The number of esters is 1. The fourth-order valence-electron chi connectivity index (χ4n) is 2.73. The van der Waals surface area contributed by atoms with Gasteiger partial charge in [0.05, 0.1) is 0 Å². The Morgan fingerprint density at radius 3 is 2.61 bits per heavy atom. The summed E-state index contributed by atoms with van der Waals surface area (Å²) < 4.78 is 6.99. The summed E-state index contributed by atoms with van der Waals surface area (Å²) in [7, 11) is 0. The molecule has 2 N–H and O–H groups in total. The topological polar surface area (TPSA) is 113 Å². The van der Waals surface area contributed by atoms with E-state index in [2.05, 4.69) is 29.0 Å². The van der Waals surface area contributed by atoms with Crippen LogP contribution in [0.2, 0.25) is 0 Å². The monoisotopic (exact) mass is 386 g/mol. The number of ether oxygens (including phenoxy) is 1. The number of hydrogen-bond donors (Lipinski definition) is 2. The summed E-state index contributed by atoms with van der Waals surface area (Å²) in [6.07, 6.45) is 3.24. The summed E-state index contributed by atoms with van der Waals surface area (Å²) in [4.78, 5) is 35.3. The van der Waals surface area contributed by atoms with Gasteiger partial charge in [-0.1, -0.05) is 13.8 Å². The van der Waals surface area contributed by atoms with Gasteiger partial charge >= 0.3 is 12.0 Å². The Morgan fingerprint density at radius 1 is 1.36 bits per heavy atom. The molecule has 28 heavy (non-hydrogen) atoms. The molecule has 1 aliphatic carbocycles. The highest BCUT2D eigenvalue weighted by atomic mass is 16.5. The van der Waals surface area contributed by atoms with Crippen molar-refractivity contribution < 1.29 is 19.1 Å². The molecule has 8 nitrogen and oxygen atoms in total. The molecule has 1 aromatic rings. The second kappa shape index (κ2) is 9.22. The van der Waals surface area contributed by atoms with Crippen LogP contribution >= 0.6 is 0 Å². The minimum absolute atomic E-state index is 0.109. The van der Waals surface area contributed by atoms with Crippen molar-refractivity contribution in [2.75, 3.05) is 6.61 Å². The highest BCUT2D eigenvalue weighted by molar-refractivity contribution is 6.00. The van der Waals surface area contributed by atoms with Gasteiger partial charge in [-0.3, -0.25) is 10.1 Å². The molecule has 0 atom stereocenters. The number of amides is 3. The van der Waals surface area contributed by atoms with E-state index in [1.165, 1.54) is 6.08 Å². The zero-order valence-electron chi connectivity index (χ0n) is 16.7. The molecule has 8 heteroatoms. The van der Waals surface area contributed by atoms with E-state index >= 15 is 0 Å². The van der Waals surface area contributed by atoms with Crippen LogP contribution in [0.15, 0.2) is 11.6 Å². The van der Waals surface area contributed by atoms with Crippen molar-refractivity contribution in [3.05, 3.63) is 28.6 Å². The molecular formula is C20H26N4O4. The lowest BCUT2D eigenvalue weighted by Crippen LogP contribution is -2.42. The number of hydrogen-bond acceptors (Lipinski definition) is 5. The van der Waals surface area contributed by atoms with Crippen molar-refractivity contribution in [2.24, 2.45) is 5.92 Å². The van der Waals surface area contributed by atoms with E-state index in [0.29, 0.717) is 5.92 Å². The van der Waals surface area contributed by atoms with Crippen molar-refractivity contribution in [1.29, 1.82) is 5.26 Å². The van der Waals surface area contributed by atoms with Gasteiger partial charge < -0.3 is 14.6 Å². The van der Waals surface area contributed by atoms with Gasteiger partial charge in [0.25, 0.3) is 5.91 Å². The maximum Gasteiger partial charge on any atom is 0.349 e. The second-order valence-electron chi connectivity index (χ2n) is 7.37. The summed E-state index contributed by atoms with van der Waals surface area (Å²) in [6, 6.07) is 3.21. The molecule has 0 unspecified atom stereocenters. The van der Waals surface area contributed by atoms with Gasteiger partial charge in [-0.05, 0) is 50.3 Å². The quantitative estimate of drug-likeness (QED) is 0.424. The SMILES string of the molecule is Cc1cc(/C=C(\C#N)C(=O)OCC(=O)NC(=O)NC2CC2)c(C)n1CC(C)C. The average Bonchev–Trinajstić information content (AvgIpc) is 3.39. The molecule has 1 heterocycles. The summed E-state index contributed by atoms with van der Waals surface area (Å²) in [5, 5.41) is 14.0. The number of aryl methyl sites for hydroxylation is 1. The third-order valence-electron chi connectivity index (χ3n) is 4.30. The zero-order valence-corrected chi connectivity index (χ0v) is 16.7. The summed E-state index contributed by atoms with van der Waals surface area (Å²) in [6.45, 7) is 8.32. The number of carbonyl (C=O) groups is 3. The Hall–Kier alpha value is -3.08. The van der Waals surface area contributed by atoms with Crippen LogP contribution in [0.4, 0.5) is 4.79 Å². The van der Waals surface area contributed by atoms with Crippen LogP contribution in [0.1, 0.15) is 43.6 Å². The third kappa shape index (κ3) is 5.98. The highest BCUT2D eigenvalue weighted by Gasteiger charge is 2.24. The number of nitrogens with one attached hydrogen (secondary N) is 2. The molecule has 1 fully saturated rings. The van der Waals surface area contributed by atoms with Crippen LogP contribution in [0.5, 0.6) is 0 Å². The fraction of sp³-hybridized carbons (Fsp3) is 0.500. The Balaban J connectivity index is 1.98. The van der Waals surface area contributed by atoms with Gasteiger partial charge in [0.1, 0.15) is 11.6 Å². The number of rotatable bonds is 7. The van der Waals surface area contributed by atoms with Crippen LogP contribution in [0.25, 0.3) is 6.08 Å². The maximum absolute atomic E-state index is 12.1. The first-order valence-electron chi connectivity index (χ1n) is 9.27. The maximum atomic E-state index is 12.1. The van der Waals surface area contributed by atoms with Gasteiger partial charge in [0, 0.05) is 24.0 Å². The molecule has 0 saturated heterocycles. The number of nitriles is 1. The molecule has 150 valence electrons. The summed E-state index contributed by atoms with van der Waals surface area (Å²) >= 11 is 0. The predicted octanol–water partition coefficient (Wildman–Crippen LogP) is 2.20. The van der Waals surface area contributed by atoms with Crippen LogP contribution in [-0.4, -0.2) is 35.1 Å². The molecule has 2 rings (SSSR count). The van der Waals surface area contributed by atoms with Crippen LogP contribution in [0.3, 0.4) is 0 Å². The number of imide groups is 1.